The molecule has 8 heteroatoms. The van der Waals surface area contributed by atoms with Crippen LogP contribution < -0.4 is 5.73 Å². The van der Waals surface area contributed by atoms with E-state index in [9.17, 15) is 9.90 Å². The number of fused-ring (bicyclic) bond motifs is 1. The molecule has 24 heavy (non-hydrogen) atoms. The number of aromatic hydroxyl groups is 1. The van der Waals surface area contributed by atoms with Crippen molar-refractivity contribution in [3.63, 3.8) is 0 Å². The van der Waals surface area contributed by atoms with Gasteiger partial charge in [0.2, 0.25) is 5.91 Å². The summed E-state index contributed by atoms with van der Waals surface area (Å²) < 4.78 is 0. The van der Waals surface area contributed by atoms with E-state index < -0.39 is 0 Å². The van der Waals surface area contributed by atoms with Crippen LogP contribution in [0, 0.1) is 5.92 Å². The molecule has 0 aromatic heterocycles. The minimum Gasteiger partial charge on any atom is -0.508 e. The van der Waals surface area contributed by atoms with Gasteiger partial charge < -0.3 is 20.8 Å². The molecule has 1 aromatic rings. The number of nitrogens with two attached hydrogens (primary N) is 1. The second kappa shape index (κ2) is 8.05. The quantitative estimate of drug-likeness (QED) is 0.689. The van der Waals surface area contributed by atoms with Crippen LogP contribution in [0.5, 0.6) is 5.75 Å². The summed E-state index contributed by atoms with van der Waals surface area (Å²) in [6.07, 6.45) is 2.25. The van der Waals surface area contributed by atoms with Crippen molar-refractivity contribution in [3.8, 4) is 5.75 Å². The Morgan fingerprint density at radius 2 is 2.00 bits per heavy atom. The molecule has 0 spiro atoms. The molecule has 0 aliphatic carbocycles. The number of hydrogen-bond acceptors (Lipinski definition) is 4. The highest BCUT2D eigenvalue weighted by Gasteiger charge is 2.42. The third-order valence-electron chi connectivity index (χ3n) is 4.65. The van der Waals surface area contributed by atoms with Crippen LogP contribution >= 0.6 is 23.2 Å². The number of nitrogens with zero attached hydrogens (tertiary/aromatic N) is 1. The summed E-state index contributed by atoms with van der Waals surface area (Å²) in [5.74, 6) is 0.599. The van der Waals surface area contributed by atoms with Crippen LogP contribution in [0.3, 0.4) is 0 Å². The second-order valence-corrected chi connectivity index (χ2v) is 6.86. The van der Waals surface area contributed by atoms with Crippen molar-refractivity contribution < 1.29 is 19.8 Å². The molecule has 2 fully saturated rings. The molecule has 2 aliphatic rings. The Morgan fingerprint density at radius 3 is 2.62 bits per heavy atom. The average molecular weight is 375 g/mol. The Labute approximate surface area is 150 Å². The van der Waals surface area contributed by atoms with Crippen LogP contribution in [0.2, 0.25) is 10.0 Å². The first kappa shape index (κ1) is 18.8. The van der Waals surface area contributed by atoms with Gasteiger partial charge in [0, 0.05) is 30.5 Å². The summed E-state index contributed by atoms with van der Waals surface area (Å²) in [6, 6.07) is 3.34. The van der Waals surface area contributed by atoms with E-state index in [-0.39, 0.29) is 36.0 Å². The molecule has 0 saturated carbocycles. The highest BCUT2D eigenvalue weighted by Crippen LogP contribution is 2.45. The van der Waals surface area contributed by atoms with E-state index in [4.69, 9.17) is 38.8 Å². The van der Waals surface area contributed by atoms with E-state index >= 15 is 0 Å². The number of phenols is 1. The predicted octanol–water partition coefficient (Wildman–Crippen LogP) is 2.45. The zero-order valence-electron chi connectivity index (χ0n) is 13.0. The molecular formula is C16H20Cl2N2O4. The first-order chi connectivity index (χ1) is 11.4. The van der Waals surface area contributed by atoms with Gasteiger partial charge in [-0.25, -0.2) is 0 Å². The van der Waals surface area contributed by atoms with Gasteiger partial charge in [-0.3, -0.25) is 9.59 Å². The lowest BCUT2D eigenvalue weighted by Crippen LogP contribution is -2.44. The summed E-state index contributed by atoms with van der Waals surface area (Å²) >= 11 is 12.3. The standard InChI is InChI=1S/C15H18Cl2N2O2.CH2O2/c16-11-1-2-12(20)14(15(11)17)9-5-10-3-8(6-18)4-13(21)19(10)7-9;2-1-3/h1-2,8-10,20H,3-7,18H2;1H,(H,2,3)/t8?,9-,10+;/m0./s1. The maximum atomic E-state index is 12.2. The number of rotatable bonds is 2. The fraction of sp³-hybridized carbons (Fsp3) is 0.500. The first-order valence-corrected chi connectivity index (χ1v) is 8.42. The predicted molar refractivity (Wildman–Crippen MR) is 91.5 cm³/mol. The smallest absolute Gasteiger partial charge is 0.290 e. The molecule has 1 aromatic carbocycles. The third-order valence-corrected chi connectivity index (χ3v) is 5.47. The zero-order chi connectivity index (χ0) is 17.9. The van der Waals surface area contributed by atoms with Crippen LogP contribution in [-0.4, -0.2) is 46.6 Å². The van der Waals surface area contributed by atoms with Gasteiger partial charge in [-0.15, -0.1) is 0 Å². The summed E-state index contributed by atoms with van der Waals surface area (Å²) in [5, 5.41) is 17.8. The number of halogens is 2. The fourth-order valence-electron chi connectivity index (χ4n) is 3.61. The van der Waals surface area contributed by atoms with E-state index in [0.717, 1.165) is 12.8 Å². The normalized spacial score (nSPS) is 25.7. The van der Waals surface area contributed by atoms with E-state index in [1.54, 1.807) is 12.1 Å². The van der Waals surface area contributed by atoms with Crippen molar-refractivity contribution in [1.82, 2.24) is 4.90 Å². The van der Waals surface area contributed by atoms with Crippen molar-refractivity contribution in [2.75, 3.05) is 13.1 Å². The molecule has 2 heterocycles. The molecule has 6 nitrogen and oxygen atoms in total. The molecule has 3 rings (SSSR count). The Morgan fingerprint density at radius 1 is 1.33 bits per heavy atom. The van der Waals surface area contributed by atoms with Crippen molar-refractivity contribution in [3.05, 3.63) is 27.7 Å². The number of benzene rings is 1. The second-order valence-electron chi connectivity index (χ2n) is 6.07. The van der Waals surface area contributed by atoms with Crippen LogP contribution in [0.4, 0.5) is 0 Å². The van der Waals surface area contributed by atoms with Crippen LogP contribution in [0.25, 0.3) is 0 Å². The lowest BCUT2D eigenvalue weighted by atomic mass is 9.88. The average Bonchev–Trinajstić information content (AvgIpc) is 2.96. The van der Waals surface area contributed by atoms with Crippen molar-refractivity contribution in [2.24, 2.45) is 11.7 Å². The lowest BCUT2D eigenvalue weighted by molar-refractivity contribution is -0.136. The molecule has 1 amide bonds. The minimum absolute atomic E-state index is 0.0293. The van der Waals surface area contributed by atoms with Crippen molar-refractivity contribution in [2.45, 2.75) is 31.2 Å². The number of carbonyl (C=O) groups is 2. The summed E-state index contributed by atoms with van der Waals surface area (Å²) in [6.45, 7) is 0.887. The molecular weight excluding hydrogens is 355 g/mol. The molecule has 3 atom stereocenters. The first-order valence-electron chi connectivity index (χ1n) is 7.67. The highest BCUT2D eigenvalue weighted by molar-refractivity contribution is 6.42. The molecule has 2 aliphatic heterocycles. The Hall–Kier alpha value is -1.50. The monoisotopic (exact) mass is 374 g/mol. The van der Waals surface area contributed by atoms with E-state index in [1.807, 2.05) is 4.90 Å². The van der Waals surface area contributed by atoms with Gasteiger partial charge in [-0.05, 0) is 37.4 Å². The van der Waals surface area contributed by atoms with Crippen molar-refractivity contribution in [1.29, 1.82) is 0 Å². The maximum absolute atomic E-state index is 12.2. The zero-order valence-corrected chi connectivity index (χ0v) is 14.5. The Balaban J connectivity index is 0.000000647. The molecule has 0 bridgehead atoms. The number of carbonyl (C=O) groups excluding carboxylic acids is 1. The molecule has 2 saturated heterocycles. The number of hydrogen-bond donors (Lipinski definition) is 3. The largest absolute Gasteiger partial charge is 0.508 e. The molecule has 132 valence electrons. The van der Waals surface area contributed by atoms with Gasteiger partial charge in [-0.1, -0.05) is 23.2 Å². The molecule has 4 N–H and O–H groups in total. The highest BCUT2D eigenvalue weighted by atomic mass is 35.5. The van der Waals surface area contributed by atoms with Crippen LogP contribution in [0.1, 0.15) is 30.7 Å². The van der Waals surface area contributed by atoms with Gasteiger partial charge in [0.1, 0.15) is 5.75 Å². The number of piperidine rings is 1. The SMILES string of the molecule is NCC1CC(=O)N2C[C@@H](c3c(O)ccc(Cl)c3Cl)C[C@H]2C1.O=CO. The number of carboxylic acid groups (broad SMARTS) is 1. The number of amides is 1. The topological polar surface area (TPSA) is 104 Å². The Kier molecular flexibility index (Phi) is 6.32. The van der Waals surface area contributed by atoms with E-state index in [1.165, 1.54) is 0 Å². The van der Waals surface area contributed by atoms with Crippen molar-refractivity contribution >= 4 is 35.6 Å². The summed E-state index contributed by atoms with van der Waals surface area (Å²) in [7, 11) is 0. The lowest BCUT2D eigenvalue weighted by Gasteiger charge is -2.33. The van der Waals surface area contributed by atoms with Gasteiger partial charge in [0.15, 0.2) is 0 Å². The van der Waals surface area contributed by atoms with Gasteiger partial charge in [0.05, 0.1) is 10.0 Å². The summed E-state index contributed by atoms with van der Waals surface area (Å²) in [5.41, 5.74) is 6.38. The van der Waals surface area contributed by atoms with E-state index in [2.05, 4.69) is 0 Å². The van der Waals surface area contributed by atoms with E-state index in [0.29, 0.717) is 35.1 Å². The van der Waals surface area contributed by atoms with Gasteiger partial charge in [-0.2, -0.15) is 0 Å². The van der Waals surface area contributed by atoms with Crippen LogP contribution in [-0.2, 0) is 9.59 Å². The molecule has 0 radical (unpaired) electrons. The van der Waals surface area contributed by atoms with Gasteiger partial charge in [0.25, 0.3) is 6.47 Å². The van der Waals surface area contributed by atoms with Gasteiger partial charge >= 0.3 is 0 Å². The molecule has 1 unspecified atom stereocenters. The number of phenolic OH excluding ortho intramolecular Hbond substituents is 1. The minimum atomic E-state index is -0.250. The van der Waals surface area contributed by atoms with Crippen LogP contribution in [0.15, 0.2) is 12.1 Å². The Bertz CT molecular complexity index is 626. The fourth-order valence-corrected chi connectivity index (χ4v) is 4.09. The maximum Gasteiger partial charge on any atom is 0.290 e. The summed E-state index contributed by atoms with van der Waals surface area (Å²) in [4.78, 5) is 22.5. The third kappa shape index (κ3) is 3.77.